The first-order valence-electron chi connectivity index (χ1n) is 11.7. The molecule has 2 N–H and O–H groups in total. The summed E-state index contributed by atoms with van der Waals surface area (Å²) in [6, 6.07) is 5.54. The average molecular weight is 500 g/mol. The molecular formula is C25H27Cl2N5O2. The van der Waals surface area contributed by atoms with Gasteiger partial charge in [-0.1, -0.05) is 29.3 Å². The third kappa shape index (κ3) is 4.92. The Hall–Kier alpha value is -2.61. The topological polar surface area (TPSA) is 82.6 Å². The monoisotopic (exact) mass is 499 g/mol. The van der Waals surface area contributed by atoms with Gasteiger partial charge in [-0.25, -0.2) is 5.43 Å². The van der Waals surface area contributed by atoms with Crippen LogP contribution < -0.4 is 5.43 Å². The molecule has 7 nitrogen and oxygen atoms in total. The van der Waals surface area contributed by atoms with Crippen LogP contribution in [-0.2, 0) is 17.6 Å². The second kappa shape index (κ2) is 10.3. The molecule has 9 heteroatoms. The lowest BCUT2D eigenvalue weighted by Gasteiger charge is -2.31. The molecule has 5 rings (SSSR count). The number of carbonyl (C=O) groups is 1. The van der Waals surface area contributed by atoms with E-state index < -0.39 is 0 Å². The highest BCUT2D eigenvalue weighted by Gasteiger charge is 2.26. The summed E-state index contributed by atoms with van der Waals surface area (Å²) in [6.07, 6.45) is 9.63. The first kappa shape index (κ1) is 23.1. The normalized spacial score (nSPS) is 19.8. The van der Waals surface area contributed by atoms with Crippen LogP contribution in [0.1, 0.15) is 53.0 Å². The van der Waals surface area contributed by atoms with Gasteiger partial charge in [0.25, 0.3) is 5.91 Å². The first-order chi connectivity index (χ1) is 16.6. The number of aryl methyl sites for hydroxylation is 1. The molecule has 2 heterocycles. The summed E-state index contributed by atoms with van der Waals surface area (Å²) >= 11 is 12.5. The van der Waals surface area contributed by atoms with Crippen molar-refractivity contribution in [3.63, 3.8) is 0 Å². The van der Waals surface area contributed by atoms with Crippen molar-refractivity contribution in [2.75, 3.05) is 26.3 Å². The van der Waals surface area contributed by atoms with Gasteiger partial charge in [-0.15, -0.1) is 0 Å². The standard InChI is InChI=1S/C25H27Cl2N5O2/c26-19-8-7-16(21(27)14-19)13-17-5-6-18(24(17)32-9-11-34-12-10-32)15-28-31-25(33)23-20-3-1-2-4-22(20)29-30-23/h7-8,13-15H,1-6,9-12H2,(H,29,30)(H,31,33)/b17-13+,28-15+. The SMILES string of the molecule is O=C(N/N=C/C1=C(N2CCOCC2)C(=C/c2ccc(Cl)cc2Cl)/CC1)c1n[nH]c2c1CCCC2. The van der Waals surface area contributed by atoms with Crippen molar-refractivity contribution in [1.29, 1.82) is 0 Å². The maximum Gasteiger partial charge on any atom is 0.292 e. The van der Waals surface area contributed by atoms with Gasteiger partial charge in [0, 0.05) is 40.1 Å². The number of nitrogens with one attached hydrogen (secondary N) is 2. The molecule has 0 saturated carbocycles. The summed E-state index contributed by atoms with van der Waals surface area (Å²) in [5.41, 5.74) is 9.59. The molecule has 1 aromatic carbocycles. The fourth-order valence-corrected chi connectivity index (χ4v) is 5.33. The quantitative estimate of drug-likeness (QED) is 0.458. The van der Waals surface area contributed by atoms with Crippen LogP contribution >= 0.6 is 23.2 Å². The number of hydrogen-bond acceptors (Lipinski definition) is 5. The van der Waals surface area contributed by atoms with E-state index in [0.29, 0.717) is 29.0 Å². The zero-order chi connectivity index (χ0) is 23.5. The van der Waals surface area contributed by atoms with Gasteiger partial charge in [-0.05, 0) is 73.4 Å². The van der Waals surface area contributed by atoms with Crippen molar-refractivity contribution in [3.8, 4) is 0 Å². The minimum atomic E-state index is -0.272. The molecule has 0 bridgehead atoms. The van der Waals surface area contributed by atoms with Gasteiger partial charge in [0.2, 0.25) is 0 Å². The molecule has 3 aliphatic rings. The summed E-state index contributed by atoms with van der Waals surface area (Å²) in [5, 5.41) is 12.8. The number of morpholine rings is 1. The van der Waals surface area contributed by atoms with Gasteiger partial charge in [0.15, 0.2) is 5.69 Å². The number of rotatable bonds is 5. The largest absolute Gasteiger partial charge is 0.378 e. The fraction of sp³-hybridized carbons (Fsp3) is 0.400. The Morgan fingerprint density at radius 2 is 1.97 bits per heavy atom. The van der Waals surface area contributed by atoms with E-state index in [4.69, 9.17) is 27.9 Å². The van der Waals surface area contributed by atoms with Crippen LogP contribution in [0, 0.1) is 0 Å². The molecule has 2 aliphatic carbocycles. The Labute approximate surface area is 208 Å². The lowest BCUT2D eigenvalue weighted by atomic mass is 9.96. The van der Waals surface area contributed by atoms with Crippen molar-refractivity contribution in [1.82, 2.24) is 20.5 Å². The molecule has 0 spiro atoms. The van der Waals surface area contributed by atoms with E-state index >= 15 is 0 Å². The molecular weight excluding hydrogens is 473 g/mol. The smallest absolute Gasteiger partial charge is 0.292 e. The number of amides is 1. The Kier molecular flexibility index (Phi) is 7.04. The van der Waals surface area contributed by atoms with E-state index in [0.717, 1.165) is 79.7 Å². The van der Waals surface area contributed by atoms with E-state index in [2.05, 4.69) is 31.7 Å². The highest BCUT2D eigenvalue weighted by molar-refractivity contribution is 6.35. The molecule has 1 saturated heterocycles. The van der Waals surface area contributed by atoms with Crippen LogP contribution in [0.15, 0.2) is 40.1 Å². The Morgan fingerprint density at radius 3 is 2.79 bits per heavy atom. The zero-order valence-corrected chi connectivity index (χ0v) is 20.4. The van der Waals surface area contributed by atoms with Gasteiger partial charge in [-0.2, -0.15) is 10.2 Å². The zero-order valence-electron chi connectivity index (χ0n) is 18.9. The van der Waals surface area contributed by atoms with E-state index in [9.17, 15) is 4.79 Å². The van der Waals surface area contributed by atoms with Gasteiger partial charge in [0.05, 0.1) is 19.4 Å². The highest BCUT2D eigenvalue weighted by atomic mass is 35.5. The van der Waals surface area contributed by atoms with E-state index in [-0.39, 0.29) is 5.91 Å². The number of aromatic amines is 1. The molecule has 2 aromatic rings. The van der Waals surface area contributed by atoms with Gasteiger partial charge in [-0.3, -0.25) is 9.89 Å². The predicted octanol–water partition coefficient (Wildman–Crippen LogP) is 4.77. The van der Waals surface area contributed by atoms with Crippen LogP contribution in [0.3, 0.4) is 0 Å². The third-order valence-electron chi connectivity index (χ3n) is 6.55. The Balaban J connectivity index is 1.39. The van der Waals surface area contributed by atoms with E-state index in [1.165, 1.54) is 5.57 Å². The molecule has 34 heavy (non-hydrogen) atoms. The van der Waals surface area contributed by atoms with Crippen molar-refractivity contribution < 1.29 is 9.53 Å². The van der Waals surface area contributed by atoms with Gasteiger partial charge in [0.1, 0.15) is 0 Å². The Bertz CT molecular complexity index is 1180. The Morgan fingerprint density at radius 1 is 1.15 bits per heavy atom. The minimum Gasteiger partial charge on any atom is -0.378 e. The number of aromatic nitrogens is 2. The average Bonchev–Trinajstić information content (AvgIpc) is 3.46. The van der Waals surface area contributed by atoms with E-state index in [1.54, 1.807) is 12.3 Å². The maximum atomic E-state index is 12.7. The van der Waals surface area contributed by atoms with Crippen molar-refractivity contribution in [2.24, 2.45) is 5.10 Å². The van der Waals surface area contributed by atoms with Gasteiger partial charge >= 0.3 is 0 Å². The summed E-state index contributed by atoms with van der Waals surface area (Å²) in [6.45, 7) is 2.99. The lowest BCUT2D eigenvalue weighted by molar-refractivity contribution is 0.0548. The number of allylic oxidation sites excluding steroid dienone is 2. The number of hydrazone groups is 1. The molecule has 0 atom stereocenters. The lowest BCUT2D eigenvalue weighted by Crippen LogP contribution is -2.36. The number of ether oxygens (including phenoxy) is 1. The predicted molar refractivity (Wildman–Crippen MR) is 134 cm³/mol. The fourth-order valence-electron chi connectivity index (χ4n) is 4.87. The number of benzene rings is 1. The summed E-state index contributed by atoms with van der Waals surface area (Å²) in [5.74, 6) is -0.272. The number of carbonyl (C=O) groups excluding carboxylic acids is 1. The van der Waals surface area contributed by atoms with Crippen LogP contribution in [0.2, 0.25) is 10.0 Å². The summed E-state index contributed by atoms with van der Waals surface area (Å²) in [7, 11) is 0. The van der Waals surface area contributed by atoms with Gasteiger partial charge < -0.3 is 9.64 Å². The van der Waals surface area contributed by atoms with Crippen LogP contribution in [0.4, 0.5) is 0 Å². The van der Waals surface area contributed by atoms with Crippen LogP contribution in [0.5, 0.6) is 0 Å². The van der Waals surface area contributed by atoms with Crippen LogP contribution in [0.25, 0.3) is 6.08 Å². The molecule has 1 fully saturated rings. The first-order valence-corrected chi connectivity index (χ1v) is 12.5. The summed E-state index contributed by atoms with van der Waals surface area (Å²) in [4.78, 5) is 15.1. The maximum absolute atomic E-state index is 12.7. The van der Waals surface area contributed by atoms with Crippen molar-refractivity contribution >= 4 is 41.4 Å². The molecule has 178 valence electrons. The summed E-state index contributed by atoms with van der Waals surface area (Å²) < 4.78 is 5.56. The molecule has 1 amide bonds. The number of fused-ring (bicyclic) bond motifs is 1. The molecule has 0 unspecified atom stereocenters. The number of nitrogens with zero attached hydrogens (tertiary/aromatic N) is 3. The minimum absolute atomic E-state index is 0.272. The third-order valence-corrected chi connectivity index (χ3v) is 7.11. The van der Waals surface area contributed by atoms with E-state index in [1.807, 2.05) is 12.1 Å². The van der Waals surface area contributed by atoms with Crippen LogP contribution in [-0.4, -0.2) is 53.5 Å². The number of halogens is 2. The second-order valence-electron chi connectivity index (χ2n) is 8.74. The van der Waals surface area contributed by atoms with Crippen molar-refractivity contribution in [2.45, 2.75) is 38.5 Å². The second-order valence-corrected chi connectivity index (χ2v) is 9.59. The molecule has 0 radical (unpaired) electrons. The van der Waals surface area contributed by atoms with Crippen molar-refractivity contribution in [3.05, 3.63) is 67.6 Å². The highest BCUT2D eigenvalue weighted by Crippen LogP contribution is 2.36. The molecule has 1 aliphatic heterocycles. The molecule has 1 aromatic heterocycles. The number of hydrogen-bond donors (Lipinski definition) is 2. The number of H-pyrrole nitrogens is 1.